The summed E-state index contributed by atoms with van der Waals surface area (Å²) >= 11 is 0. The minimum Gasteiger partial charge on any atom is -0.354 e. The molecule has 0 unspecified atom stereocenters. The summed E-state index contributed by atoms with van der Waals surface area (Å²) in [6, 6.07) is 2.06. The number of hydrogen-bond acceptors (Lipinski definition) is 5. The summed E-state index contributed by atoms with van der Waals surface area (Å²) in [7, 11) is 2.09. The number of hydrogen-bond donors (Lipinski definition) is 1. The zero-order valence-corrected chi connectivity index (χ0v) is 11.5. The van der Waals surface area contributed by atoms with Gasteiger partial charge >= 0.3 is 0 Å². The van der Waals surface area contributed by atoms with E-state index in [0.29, 0.717) is 25.0 Å². The van der Waals surface area contributed by atoms with Gasteiger partial charge < -0.3 is 15.1 Å². The molecule has 1 aliphatic rings. The first-order valence-electron chi connectivity index (χ1n) is 6.65. The Morgan fingerprint density at radius 1 is 1.42 bits per heavy atom. The van der Waals surface area contributed by atoms with Gasteiger partial charge in [0.25, 0.3) is 0 Å². The third-order valence-corrected chi connectivity index (χ3v) is 3.34. The molecule has 1 aromatic rings. The van der Waals surface area contributed by atoms with Crippen LogP contribution >= 0.6 is 0 Å². The second-order valence-corrected chi connectivity index (χ2v) is 4.95. The molecule has 0 radical (unpaired) electrons. The number of nitrogens with zero attached hydrogens (tertiary/aromatic N) is 4. The van der Waals surface area contributed by atoms with Crippen molar-refractivity contribution in [3.63, 3.8) is 0 Å². The lowest BCUT2D eigenvalue weighted by atomic mass is 10.2. The van der Waals surface area contributed by atoms with Crippen molar-refractivity contribution in [3.8, 4) is 0 Å². The summed E-state index contributed by atoms with van der Waals surface area (Å²) in [5, 5.41) is 3.06. The minimum absolute atomic E-state index is 0.198. The predicted octanol–water partition coefficient (Wildman–Crippen LogP) is 0.441. The van der Waals surface area contributed by atoms with Crippen molar-refractivity contribution in [1.29, 1.82) is 0 Å². The third-order valence-electron chi connectivity index (χ3n) is 3.34. The topological polar surface area (TPSA) is 61.4 Å². The number of piperazine rings is 1. The molecule has 1 fully saturated rings. The number of rotatable bonds is 4. The third kappa shape index (κ3) is 3.89. The molecule has 1 atom stereocenters. The fourth-order valence-corrected chi connectivity index (χ4v) is 2.33. The number of amides is 1. The Kier molecular flexibility index (Phi) is 4.68. The molecule has 1 N–H and O–H groups in total. The van der Waals surface area contributed by atoms with E-state index in [2.05, 4.69) is 34.2 Å². The van der Waals surface area contributed by atoms with Gasteiger partial charge in [0.2, 0.25) is 11.9 Å². The van der Waals surface area contributed by atoms with Crippen LogP contribution < -0.4 is 5.32 Å². The van der Waals surface area contributed by atoms with Gasteiger partial charge in [0, 0.05) is 51.0 Å². The Labute approximate surface area is 113 Å². The van der Waals surface area contributed by atoms with Gasteiger partial charge in [-0.1, -0.05) is 0 Å². The molecular formula is C13H21N5O. The molecule has 0 spiro atoms. The van der Waals surface area contributed by atoms with Crippen molar-refractivity contribution in [2.45, 2.75) is 19.4 Å². The Morgan fingerprint density at radius 3 is 2.84 bits per heavy atom. The summed E-state index contributed by atoms with van der Waals surface area (Å²) in [5.41, 5.74) is 0. The molecule has 0 bridgehead atoms. The normalized spacial score (nSPS) is 20.3. The summed E-state index contributed by atoms with van der Waals surface area (Å²) in [6.45, 7) is 5.38. The summed E-state index contributed by atoms with van der Waals surface area (Å²) in [6.07, 6.45) is 3.84. The highest BCUT2D eigenvalue weighted by Gasteiger charge is 2.24. The molecule has 0 saturated carbocycles. The van der Waals surface area contributed by atoms with Gasteiger partial charge in [-0.3, -0.25) is 4.79 Å². The van der Waals surface area contributed by atoms with Gasteiger partial charge in [-0.25, -0.2) is 9.97 Å². The predicted molar refractivity (Wildman–Crippen MR) is 73.8 cm³/mol. The van der Waals surface area contributed by atoms with Gasteiger partial charge in [-0.15, -0.1) is 0 Å². The molecule has 1 saturated heterocycles. The first kappa shape index (κ1) is 13.7. The largest absolute Gasteiger partial charge is 0.354 e. The average Bonchev–Trinajstić information content (AvgIpc) is 2.39. The highest BCUT2D eigenvalue weighted by Crippen LogP contribution is 2.09. The average molecular weight is 263 g/mol. The maximum atomic E-state index is 12.1. The van der Waals surface area contributed by atoms with E-state index in [0.717, 1.165) is 19.6 Å². The van der Waals surface area contributed by atoms with E-state index < -0.39 is 0 Å². The number of anilines is 1. The van der Waals surface area contributed by atoms with Crippen LogP contribution in [0.2, 0.25) is 0 Å². The van der Waals surface area contributed by atoms with E-state index in [1.807, 2.05) is 4.90 Å². The monoisotopic (exact) mass is 263 g/mol. The number of nitrogens with one attached hydrogen (secondary N) is 1. The Hall–Kier alpha value is -1.69. The highest BCUT2D eigenvalue weighted by atomic mass is 16.2. The SMILES string of the molecule is C[C@H]1CN(C)CCN1C(=O)CCNc1ncccn1. The lowest BCUT2D eigenvalue weighted by molar-refractivity contribution is -0.135. The molecule has 0 aromatic carbocycles. The van der Waals surface area contributed by atoms with Crippen molar-refractivity contribution in [2.24, 2.45) is 0 Å². The standard InChI is InChI=1S/C13H21N5O/c1-11-10-17(2)8-9-18(11)12(19)4-7-16-13-14-5-3-6-15-13/h3,5-6,11H,4,7-10H2,1-2H3,(H,14,15,16)/t11-/m0/s1. The van der Waals surface area contributed by atoms with Gasteiger partial charge in [0.1, 0.15) is 0 Å². The van der Waals surface area contributed by atoms with Crippen LogP contribution in [0.5, 0.6) is 0 Å². The molecule has 2 rings (SSSR count). The Morgan fingerprint density at radius 2 is 2.16 bits per heavy atom. The number of likely N-dealkylation sites (N-methyl/N-ethyl adjacent to an activating group) is 1. The van der Waals surface area contributed by atoms with Crippen molar-refractivity contribution in [1.82, 2.24) is 19.8 Å². The fraction of sp³-hybridized carbons (Fsp3) is 0.615. The lowest BCUT2D eigenvalue weighted by Gasteiger charge is -2.38. The van der Waals surface area contributed by atoms with E-state index in [1.165, 1.54) is 0 Å². The molecular weight excluding hydrogens is 242 g/mol. The van der Waals surface area contributed by atoms with Crippen LogP contribution in [0.3, 0.4) is 0 Å². The van der Waals surface area contributed by atoms with Crippen molar-refractivity contribution >= 4 is 11.9 Å². The van der Waals surface area contributed by atoms with E-state index in [-0.39, 0.29) is 5.91 Å². The lowest BCUT2D eigenvalue weighted by Crippen LogP contribution is -2.52. The maximum Gasteiger partial charge on any atom is 0.224 e. The van der Waals surface area contributed by atoms with Crippen molar-refractivity contribution < 1.29 is 4.79 Å². The summed E-state index contributed by atoms with van der Waals surface area (Å²) < 4.78 is 0. The van der Waals surface area contributed by atoms with Crippen LogP contribution in [-0.2, 0) is 4.79 Å². The summed E-state index contributed by atoms with van der Waals surface area (Å²) in [5.74, 6) is 0.769. The second-order valence-electron chi connectivity index (χ2n) is 4.95. The molecule has 0 aliphatic carbocycles. The zero-order valence-electron chi connectivity index (χ0n) is 11.5. The van der Waals surface area contributed by atoms with Crippen LogP contribution in [0.15, 0.2) is 18.5 Å². The Balaban J connectivity index is 1.75. The van der Waals surface area contributed by atoms with E-state index >= 15 is 0 Å². The highest BCUT2D eigenvalue weighted by molar-refractivity contribution is 5.77. The minimum atomic E-state index is 0.198. The maximum absolute atomic E-state index is 12.1. The fourth-order valence-electron chi connectivity index (χ4n) is 2.33. The molecule has 104 valence electrons. The van der Waals surface area contributed by atoms with Crippen molar-refractivity contribution in [2.75, 3.05) is 38.5 Å². The molecule has 1 aliphatic heterocycles. The number of carbonyl (C=O) groups excluding carboxylic acids is 1. The number of aromatic nitrogens is 2. The molecule has 6 nitrogen and oxygen atoms in total. The van der Waals surface area contributed by atoms with Crippen LogP contribution in [-0.4, -0.2) is 64.9 Å². The van der Waals surface area contributed by atoms with Crippen LogP contribution in [0.1, 0.15) is 13.3 Å². The second kappa shape index (κ2) is 6.47. The van der Waals surface area contributed by atoms with Crippen LogP contribution in [0.4, 0.5) is 5.95 Å². The molecule has 19 heavy (non-hydrogen) atoms. The van der Waals surface area contributed by atoms with E-state index in [1.54, 1.807) is 18.5 Å². The van der Waals surface area contributed by atoms with Crippen LogP contribution in [0.25, 0.3) is 0 Å². The molecule has 1 aromatic heterocycles. The summed E-state index contributed by atoms with van der Waals surface area (Å²) in [4.78, 5) is 24.5. The zero-order chi connectivity index (χ0) is 13.7. The van der Waals surface area contributed by atoms with Gasteiger partial charge in [0.05, 0.1) is 0 Å². The quantitative estimate of drug-likeness (QED) is 0.854. The van der Waals surface area contributed by atoms with Crippen LogP contribution in [0, 0.1) is 0 Å². The van der Waals surface area contributed by atoms with E-state index in [9.17, 15) is 4.79 Å². The van der Waals surface area contributed by atoms with Gasteiger partial charge in [0.15, 0.2) is 0 Å². The smallest absolute Gasteiger partial charge is 0.224 e. The first-order valence-corrected chi connectivity index (χ1v) is 6.65. The first-order chi connectivity index (χ1) is 9.16. The number of carbonyl (C=O) groups is 1. The van der Waals surface area contributed by atoms with E-state index in [4.69, 9.17) is 0 Å². The Bertz CT molecular complexity index is 411. The molecule has 6 heteroatoms. The van der Waals surface area contributed by atoms with Gasteiger partial charge in [-0.2, -0.15) is 0 Å². The molecule has 1 amide bonds. The molecule has 2 heterocycles. The van der Waals surface area contributed by atoms with Gasteiger partial charge in [-0.05, 0) is 20.0 Å². The van der Waals surface area contributed by atoms with Crippen molar-refractivity contribution in [3.05, 3.63) is 18.5 Å².